The van der Waals surface area contributed by atoms with Gasteiger partial charge < -0.3 is 10.6 Å². The van der Waals surface area contributed by atoms with Crippen molar-refractivity contribution >= 4 is 11.6 Å². The van der Waals surface area contributed by atoms with Crippen molar-refractivity contribution in [2.75, 3.05) is 18.4 Å². The third kappa shape index (κ3) is 2.86. The minimum absolute atomic E-state index is 0.0934. The van der Waals surface area contributed by atoms with E-state index in [1.807, 2.05) is 26.0 Å². The van der Waals surface area contributed by atoms with Crippen LogP contribution in [0.2, 0.25) is 0 Å². The summed E-state index contributed by atoms with van der Waals surface area (Å²) in [6, 6.07) is 6.13. The van der Waals surface area contributed by atoms with Gasteiger partial charge in [0.15, 0.2) is 0 Å². The van der Waals surface area contributed by atoms with Gasteiger partial charge in [0, 0.05) is 12.2 Å². The van der Waals surface area contributed by atoms with Gasteiger partial charge in [0.05, 0.1) is 5.92 Å². The lowest BCUT2D eigenvalue weighted by molar-refractivity contribution is -0.120. The Bertz CT molecular complexity index is 408. The number of benzene rings is 1. The predicted molar refractivity (Wildman–Crippen MR) is 70.1 cm³/mol. The number of aryl methyl sites for hydroxylation is 2. The first-order valence-electron chi connectivity index (χ1n) is 6.16. The molecule has 1 aliphatic heterocycles. The molecule has 17 heavy (non-hydrogen) atoms. The molecule has 3 nitrogen and oxygen atoms in total. The molecule has 0 bridgehead atoms. The van der Waals surface area contributed by atoms with Gasteiger partial charge in [-0.05, 0) is 49.6 Å². The number of nitrogens with one attached hydrogen (secondary N) is 2. The molecule has 0 spiro atoms. The Morgan fingerprint density at radius 2 is 1.88 bits per heavy atom. The fourth-order valence-electron chi connectivity index (χ4n) is 2.44. The van der Waals surface area contributed by atoms with Crippen molar-refractivity contribution in [1.29, 1.82) is 0 Å². The molecule has 0 aromatic heterocycles. The molecule has 1 aromatic rings. The summed E-state index contributed by atoms with van der Waals surface area (Å²) in [6.07, 6.45) is 0. The highest BCUT2D eigenvalue weighted by Crippen LogP contribution is 2.19. The fraction of sp³-hybridized carbons (Fsp3) is 0.500. The van der Waals surface area contributed by atoms with Gasteiger partial charge in [0.2, 0.25) is 5.91 Å². The molecule has 2 atom stereocenters. The van der Waals surface area contributed by atoms with Crippen LogP contribution in [0.5, 0.6) is 0 Å². The maximum atomic E-state index is 12.1. The van der Waals surface area contributed by atoms with Gasteiger partial charge in [-0.1, -0.05) is 13.0 Å². The van der Waals surface area contributed by atoms with Crippen LogP contribution in [-0.2, 0) is 4.79 Å². The van der Waals surface area contributed by atoms with Crippen molar-refractivity contribution in [3.63, 3.8) is 0 Å². The predicted octanol–water partition coefficient (Wildman–Crippen LogP) is 2.10. The van der Waals surface area contributed by atoms with Crippen LogP contribution in [0, 0.1) is 25.7 Å². The summed E-state index contributed by atoms with van der Waals surface area (Å²) >= 11 is 0. The lowest BCUT2D eigenvalue weighted by Gasteiger charge is -2.14. The van der Waals surface area contributed by atoms with Crippen molar-refractivity contribution in [1.82, 2.24) is 5.32 Å². The second-order valence-electron chi connectivity index (χ2n) is 5.11. The molecular formula is C14H20N2O. The molecule has 2 rings (SSSR count). The maximum absolute atomic E-state index is 12.1. The van der Waals surface area contributed by atoms with E-state index in [-0.39, 0.29) is 11.8 Å². The zero-order valence-electron chi connectivity index (χ0n) is 10.7. The van der Waals surface area contributed by atoms with Crippen LogP contribution in [0.4, 0.5) is 5.69 Å². The van der Waals surface area contributed by atoms with Gasteiger partial charge in [0.1, 0.15) is 0 Å². The largest absolute Gasteiger partial charge is 0.326 e. The second-order valence-corrected chi connectivity index (χ2v) is 5.11. The zero-order valence-corrected chi connectivity index (χ0v) is 10.7. The van der Waals surface area contributed by atoms with Crippen LogP contribution >= 0.6 is 0 Å². The first-order chi connectivity index (χ1) is 8.06. The van der Waals surface area contributed by atoms with E-state index in [9.17, 15) is 4.79 Å². The lowest BCUT2D eigenvalue weighted by Crippen LogP contribution is -2.27. The molecular weight excluding hydrogens is 212 g/mol. The molecule has 1 heterocycles. The third-order valence-electron chi connectivity index (χ3n) is 3.34. The molecule has 1 aliphatic rings. The Labute approximate surface area is 103 Å². The SMILES string of the molecule is Cc1cc(C)cc(NC(=O)C2CNCC2C)c1. The van der Waals surface area contributed by atoms with Gasteiger partial charge in [-0.2, -0.15) is 0 Å². The second kappa shape index (κ2) is 4.88. The van der Waals surface area contributed by atoms with Crippen LogP contribution in [0.1, 0.15) is 18.1 Å². The molecule has 2 unspecified atom stereocenters. The van der Waals surface area contributed by atoms with E-state index >= 15 is 0 Å². The van der Waals surface area contributed by atoms with Crippen LogP contribution in [0.25, 0.3) is 0 Å². The van der Waals surface area contributed by atoms with Crippen molar-refractivity contribution in [2.45, 2.75) is 20.8 Å². The topological polar surface area (TPSA) is 41.1 Å². The molecule has 0 aliphatic carbocycles. The standard InChI is InChI=1S/C14H20N2O/c1-9-4-10(2)6-12(5-9)16-14(17)13-8-15-7-11(13)3/h4-6,11,13,15H,7-8H2,1-3H3,(H,16,17). The summed E-state index contributed by atoms with van der Waals surface area (Å²) in [6.45, 7) is 7.93. The maximum Gasteiger partial charge on any atom is 0.229 e. The van der Waals surface area contributed by atoms with Crippen LogP contribution in [0.3, 0.4) is 0 Å². The molecule has 2 N–H and O–H groups in total. The number of hydrogen-bond donors (Lipinski definition) is 2. The summed E-state index contributed by atoms with van der Waals surface area (Å²) in [5.74, 6) is 0.643. The van der Waals surface area contributed by atoms with E-state index in [1.54, 1.807) is 0 Å². The molecule has 0 radical (unpaired) electrons. The quantitative estimate of drug-likeness (QED) is 0.820. The molecule has 0 saturated carbocycles. The van der Waals surface area contributed by atoms with E-state index in [0.29, 0.717) is 5.92 Å². The normalized spacial score (nSPS) is 23.7. The number of rotatable bonds is 2. The van der Waals surface area contributed by atoms with Gasteiger partial charge in [-0.15, -0.1) is 0 Å². The van der Waals surface area contributed by atoms with Crippen LogP contribution in [-0.4, -0.2) is 19.0 Å². The Morgan fingerprint density at radius 1 is 1.24 bits per heavy atom. The van der Waals surface area contributed by atoms with Crippen molar-refractivity contribution in [2.24, 2.45) is 11.8 Å². The number of amides is 1. The average molecular weight is 232 g/mol. The Hall–Kier alpha value is -1.35. The highest BCUT2D eigenvalue weighted by atomic mass is 16.1. The van der Waals surface area contributed by atoms with Crippen molar-refractivity contribution in [3.8, 4) is 0 Å². The van der Waals surface area contributed by atoms with Crippen molar-refractivity contribution in [3.05, 3.63) is 29.3 Å². The van der Waals surface area contributed by atoms with E-state index in [1.165, 1.54) is 11.1 Å². The minimum Gasteiger partial charge on any atom is -0.326 e. The highest BCUT2D eigenvalue weighted by Gasteiger charge is 2.29. The molecule has 1 fully saturated rings. The van der Waals surface area contributed by atoms with Gasteiger partial charge in [0.25, 0.3) is 0 Å². The van der Waals surface area contributed by atoms with E-state index in [2.05, 4.69) is 23.6 Å². The summed E-state index contributed by atoms with van der Waals surface area (Å²) in [7, 11) is 0. The smallest absolute Gasteiger partial charge is 0.229 e. The third-order valence-corrected chi connectivity index (χ3v) is 3.34. The Morgan fingerprint density at radius 3 is 2.41 bits per heavy atom. The highest BCUT2D eigenvalue weighted by molar-refractivity contribution is 5.93. The van der Waals surface area contributed by atoms with E-state index in [4.69, 9.17) is 0 Å². The monoisotopic (exact) mass is 232 g/mol. The van der Waals surface area contributed by atoms with Crippen molar-refractivity contribution < 1.29 is 4.79 Å². The fourth-order valence-corrected chi connectivity index (χ4v) is 2.44. The lowest BCUT2D eigenvalue weighted by atomic mass is 9.97. The zero-order chi connectivity index (χ0) is 12.4. The van der Waals surface area contributed by atoms with Crippen LogP contribution in [0.15, 0.2) is 18.2 Å². The van der Waals surface area contributed by atoms with E-state index < -0.39 is 0 Å². The number of anilines is 1. The number of hydrogen-bond acceptors (Lipinski definition) is 2. The molecule has 1 aromatic carbocycles. The Kier molecular flexibility index (Phi) is 3.48. The summed E-state index contributed by atoms with van der Waals surface area (Å²) in [4.78, 5) is 12.1. The van der Waals surface area contributed by atoms with Gasteiger partial charge >= 0.3 is 0 Å². The molecule has 92 valence electrons. The number of carbonyl (C=O) groups excluding carboxylic acids is 1. The Balaban J connectivity index is 2.07. The molecule has 1 saturated heterocycles. The number of carbonyl (C=O) groups is 1. The average Bonchev–Trinajstić information content (AvgIpc) is 2.62. The van der Waals surface area contributed by atoms with Gasteiger partial charge in [-0.25, -0.2) is 0 Å². The first-order valence-corrected chi connectivity index (χ1v) is 6.16. The summed E-state index contributed by atoms with van der Waals surface area (Å²) in [5, 5.41) is 6.27. The first kappa shape index (κ1) is 12.1. The minimum atomic E-state index is 0.0934. The molecule has 3 heteroatoms. The summed E-state index contributed by atoms with van der Waals surface area (Å²) < 4.78 is 0. The summed E-state index contributed by atoms with van der Waals surface area (Å²) in [5.41, 5.74) is 3.27. The van der Waals surface area contributed by atoms with E-state index in [0.717, 1.165) is 18.8 Å². The molecule has 1 amide bonds. The van der Waals surface area contributed by atoms with Crippen LogP contribution < -0.4 is 10.6 Å². The van der Waals surface area contributed by atoms with Gasteiger partial charge in [-0.3, -0.25) is 4.79 Å².